The van der Waals surface area contributed by atoms with E-state index >= 15 is 0 Å². The number of aromatic nitrogens is 10. The van der Waals surface area contributed by atoms with E-state index in [9.17, 15) is 24.0 Å². The SMILES string of the molecule is Brc1ccc2ccccc2n1.CC.CC.CC1CCc2cccc3[nH]c(=O)n1c23.CC1CCc2ccccc2C1.COCC(=O)N1c2ccccc2CCC1C.COn1c(=O)n2c3c(cccc31)CCC2C.Cc1ccc2[nH]c(=O)n3c2c1CCC3C.Cc1ccc2[nH]c(=O)n3c2c1CCC3C.Cc1ccc2ccccc2n1. The Bertz CT molecular complexity index is 5690. The van der Waals surface area contributed by atoms with Crippen molar-refractivity contribution in [1.82, 2.24) is 47.9 Å². The fraction of sp³-hybridized carbons (Fsp3) is 0.372. The number of imidazole rings is 4. The van der Waals surface area contributed by atoms with Gasteiger partial charge in [-0.15, -0.1) is 4.73 Å². The van der Waals surface area contributed by atoms with E-state index in [0.29, 0.717) is 18.1 Å². The third-order valence-corrected chi connectivity index (χ3v) is 22.8. The number of methoxy groups -OCH3 is 1. The Balaban J connectivity index is 0.000000127. The molecule has 19 heteroatoms. The van der Waals surface area contributed by atoms with Crippen molar-refractivity contribution in [1.29, 1.82) is 0 Å². The van der Waals surface area contributed by atoms with Crippen LogP contribution in [0, 0.1) is 26.7 Å². The predicted molar refractivity (Wildman–Crippen MR) is 468 cm³/mol. The van der Waals surface area contributed by atoms with Crippen LogP contribution in [0.3, 0.4) is 0 Å². The lowest BCUT2D eigenvalue weighted by Crippen LogP contribution is -2.43. The van der Waals surface area contributed by atoms with Gasteiger partial charge in [0.15, 0.2) is 0 Å². The lowest BCUT2D eigenvalue weighted by atomic mass is 9.85. The smallest absolute Gasteiger partial charge is 0.362 e. The molecule has 6 aromatic heterocycles. The molecule has 0 fully saturated rings. The molecule has 0 spiro atoms. The summed E-state index contributed by atoms with van der Waals surface area (Å²) in [6, 6.07) is 63.0. The number of hydrogen-bond donors (Lipinski definition) is 3. The number of fused-ring (bicyclic) bond motifs is 4. The summed E-state index contributed by atoms with van der Waals surface area (Å²) in [5, 5.41) is 2.38. The second kappa shape index (κ2) is 38.3. The van der Waals surface area contributed by atoms with Gasteiger partial charge in [-0.1, -0.05) is 162 Å². The maximum absolute atomic E-state index is 12.1. The van der Waals surface area contributed by atoms with Crippen LogP contribution in [0.15, 0.2) is 206 Å². The first-order valence-corrected chi connectivity index (χ1v) is 41.2. The average molecular weight is 1590 g/mol. The zero-order chi connectivity index (χ0) is 80.7. The molecule has 1 aliphatic carbocycles. The number of nitrogens with one attached hydrogen (secondary N) is 3. The Morgan fingerprint density at radius 3 is 1.45 bits per heavy atom. The van der Waals surface area contributed by atoms with Crippen LogP contribution in [0.5, 0.6) is 0 Å². The molecule has 20 rings (SSSR count). The van der Waals surface area contributed by atoms with E-state index in [1.807, 2.05) is 167 Å². The van der Waals surface area contributed by atoms with E-state index in [-0.39, 0.29) is 47.4 Å². The molecule has 0 saturated heterocycles. The van der Waals surface area contributed by atoms with Crippen LogP contribution in [0.4, 0.5) is 5.69 Å². The molecule has 6 atom stereocenters. The number of aryl methyl sites for hydroxylation is 9. The van der Waals surface area contributed by atoms with E-state index < -0.39 is 0 Å². The molecule has 1 amide bonds. The maximum atomic E-state index is 12.1. The number of benzene rings is 8. The van der Waals surface area contributed by atoms with Gasteiger partial charge in [0.2, 0.25) is 0 Å². The summed E-state index contributed by atoms with van der Waals surface area (Å²) in [5.41, 5.74) is 24.6. The molecule has 3 N–H and O–H groups in total. The number of ether oxygens (including phenoxy) is 1. The van der Waals surface area contributed by atoms with E-state index in [2.05, 4.69) is 169 Å². The highest BCUT2D eigenvalue weighted by Gasteiger charge is 2.29. The van der Waals surface area contributed by atoms with Crippen molar-refractivity contribution in [3.05, 3.63) is 284 Å². The lowest BCUT2D eigenvalue weighted by Gasteiger charge is -2.35. The normalized spacial score (nSPS) is 17.5. The second-order valence-electron chi connectivity index (χ2n) is 30.0. The number of hydrogen-bond acceptors (Lipinski definition) is 9. The third kappa shape index (κ3) is 18.5. The number of carbonyl (C=O) groups excluding carboxylic acids is 1. The standard InChI is InChI=1S/C13H17NO2.C12H14N2O2.2C12H14N2O.C11H12N2O.C11H14.C10H9N.C9H6BrN.2C2H6/c1-10-7-8-11-5-3-4-6-12(11)14(10)13(15)9-16-2;1-8-6-7-9-4-3-5-10-11(9)13(8)12(15)14(10)16-2;2*1-7-3-6-10-11-9(7)5-4-8(2)14(11)12(15)13-10;1-7-5-6-8-3-2-4-9-10(8)13(7)11(14)12-9;1-9-6-7-10-4-2-3-5-11(10)8-9;1-8-6-7-9-4-2-3-5-10(9)11-8;10-9-6-5-7-3-1-2-4-8(7)11-9;2*1-2/h3-6,10H,7-9H2,1-2H3;3-5,8H,6-7H2,1-2H3;2*3,6,8H,4-5H2,1-2H3,(H,13,15);2-4,7H,5-6H2,1H3,(H,12,14);2-5,9H,6-8H2,1H3;2-7H,1H3;1-6H;2*1-2H3. The summed E-state index contributed by atoms with van der Waals surface area (Å²) in [4.78, 5) is 83.8. The highest BCUT2D eigenvalue weighted by Crippen LogP contribution is 2.35. The molecule has 6 unspecified atom stereocenters. The highest BCUT2D eigenvalue weighted by atomic mass is 79.9. The molecule has 113 heavy (non-hydrogen) atoms. The van der Waals surface area contributed by atoms with Crippen molar-refractivity contribution in [3.63, 3.8) is 0 Å². The largest absolute Gasteiger partial charge is 0.412 e. The molecule has 0 radical (unpaired) electrons. The molecule has 6 aliphatic rings. The van der Waals surface area contributed by atoms with Gasteiger partial charge in [0.05, 0.1) is 49.7 Å². The number of anilines is 1. The molecule has 0 bridgehead atoms. The number of pyridine rings is 2. The van der Waals surface area contributed by atoms with Gasteiger partial charge in [-0.2, -0.15) is 0 Å². The zero-order valence-electron chi connectivity index (χ0n) is 68.5. The molecule has 8 aromatic carbocycles. The maximum Gasteiger partial charge on any atom is 0.362 e. The summed E-state index contributed by atoms with van der Waals surface area (Å²) in [7, 11) is 3.08. The van der Waals surface area contributed by atoms with Gasteiger partial charge in [-0.3, -0.25) is 28.0 Å². The van der Waals surface area contributed by atoms with Crippen LogP contribution < -0.4 is 32.5 Å². The van der Waals surface area contributed by atoms with E-state index in [1.165, 1.54) is 80.8 Å². The van der Waals surface area contributed by atoms with Crippen molar-refractivity contribution in [2.45, 2.75) is 204 Å². The summed E-state index contributed by atoms with van der Waals surface area (Å²) in [5.74, 6) is 0.937. The lowest BCUT2D eigenvalue weighted by molar-refractivity contribution is -0.122. The van der Waals surface area contributed by atoms with Gasteiger partial charge in [0.25, 0.3) is 5.91 Å². The summed E-state index contributed by atoms with van der Waals surface area (Å²) < 4.78 is 14.7. The molecule has 11 heterocycles. The molecule has 592 valence electrons. The number of H-pyrrole nitrogens is 3. The fourth-order valence-corrected chi connectivity index (χ4v) is 16.9. The van der Waals surface area contributed by atoms with Crippen LogP contribution in [-0.2, 0) is 54.5 Å². The van der Waals surface area contributed by atoms with E-state index in [4.69, 9.17) is 9.57 Å². The van der Waals surface area contributed by atoms with E-state index in [1.54, 1.807) is 18.2 Å². The van der Waals surface area contributed by atoms with Crippen molar-refractivity contribution in [3.8, 4) is 0 Å². The molecular weight excluding hydrogens is 1480 g/mol. The number of carbonyl (C=O) groups is 1. The van der Waals surface area contributed by atoms with Crippen LogP contribution in [0.25, 0.3) is 65.9 Å². The van der Waals surface area contributed by atoms with Crippen LogP contribution in [0.1, 0.15) is 188 Å². The average Bonchev–Trinajstić information content (AvgIpc) is 1.61. The molecule has 14 aromatic rings. The van der Waals surface area contributed by atoms with Gasteiger partial charge in [0, 0.05) is 59.5 Å². The topological polar surface area (TPSA) is 205 Å². The Morgan fingerprint density at radius 2 is 0.876 bits per heavy atom. The first kappa shape index (κ1) is 83.3. The van der Waals surface area contributed by atoms with Gasteiger partial charge in [-0.25, -0.2) is 24.2 Å². The number of halogens is 1. The van der Waals surface area contributed by atoms with Crippen molar-refractivity contribution < 1.29 is 14.4 Å². The minimum atomic E-state index is -0.0721. The molecule has 18 nitrogen and oxygen atoms in total. The Hall–Kier alpha value is -10.6. The molecule has 5 aliphatic heterocycles. The number of rotatable bonds is 3. The van der Waals surface area contributed by atoms with Gasteiger partial charge in [-0.05, 0) is 265 Å². The first-order valence-electron chi connectivity index (χ1n) is 40.5. The number of aromatic amines is 3. The van der Waals surface area contributed by atoms with Crippen molar-refractivity contribution >= 4 is 93.5 Å². The van der Waals surface area contributed by atoms with Gasteiger partial charge in [0.1, 0.15) is 23.8 Å². The second-order valence-corrected chi connectivity index (χ2v) is 30.8. The Morgan fingerprint density at radius 1 is 0.434 bits per heavy atom. The van der Waals surface area contributed by atoms with Crippen LogP contribution >= 0.6 is 15.9 Å². The molecule has 0 saturated carbocycles. The summed E-state index contributed by atoms with van der Waals surface area (Å²) >= 11 is 3.32. The van der Waals surface area contributed by atoms with Crippen LogP contribution in [-0.4, -0.2) is 80.7 Å². The predicted octanol–water partition coefficient (Wildman–Crippen LogP) is 19.9. The van der Waals surface area contributed by atoms with Crippen molar-refractivity contribution in [2.75, 3.05) is 25.7 Å². The minimum absolute atomic E-state index is 0.0275. The highest BCUT2D eigenvalue weighted by molar-refractivity contribution is 9.10. The van der Waals surface area contributed by atoms with Crippen LogP contribution in [0.2, 0.25) is 0 Å². The minimum Gasteiger partial charge on any atom is -0.412 e. The summed E-state index contributed by atoms with van der Waals surface area (Å²) in [6.07, 6.45) is 14.5. The fourth-order valence-electron chi connectivity index (χ4n) is 16.5. The Kier molecular flexibility index (Phi) is 28.2. The van der Waals surface area contributed by atoms with Crippen molar-refractivity contribution in [2.24, 2.45) is 5.92 Å². The molecular formula is C94H112BrN11O7. The number of para-hydroxylation sites is 5. The van der Waals surface area contributed by atoms with E-state index in [0.717, 1.165) is 141 Å². The quantitative estimate of drug-likeness (QED) is 0.144. The monoisotopic (exact) mass is 1590 g/mol. The van der Waals surface area contributed by atoms with Gasteiger partial charge < -0.3 is 29.4 Å². The Labute approximate surface area is 671 Å². The zero-order valence-corrected chi connectivity index (χ0v) is 70.1. The summed E-state index contributed by atoms with van der Waals surface area (Å²) in [6.45, 7) is 27.2. The first-order chi connectivity index (χ1) is 54.7. The third-order valence-electron chi connectivity index (χ3n) is 22.4. The number of nitrogens with zero attached hydrogens (tertiary/aromatic N) is 8. The van der Waals surface area contributed by atoms with Gasteiger partial charge >= 0.3 is 22.8 Å². The number of amides is 1.